The van der Waals surface area contributed by atoms with Gasteiger partial charge in [0.25, 0.3) is 5.91 Å². The van der Waals surface area contributed by atoms with Gasteiger partial charge in [0.1, 0.15) is 0 Å². The lowest BCUT2D eigenvalue weighted by Crippen LogP contribution is -2.40. The Morgan fingerprint density at radius 3 is 2.48 bits per heavy atom. The van der Waals surface area contributed by atoms with Crippen molar-refractivity contribution < 1.29 is 9.59 Å². The number of H-pyrrole nitrogens is 1. The normalized spacial score (nSPS) is 20.1. The van der Waals surface area contributed by atoms with Crippen LogP contribution in [0.15, 0.2) is 30.5 Å². The first-order valence-corrected chi connectivity index (χ1v) is 8.78. The molecule has 3 rings (SSSR count). The third kappa shape index (κ3) is 4.02. The van der Waals surface area contributed by atoms with Crippen LogP contribution in [0.5, 0.6) is 0 Å². The highest BCUT2D eigenvalue weighted by Gasteiger charge is 2.27. The van der Waals surface area contributed by atoms with Crippen molar-refractivity contribution in [3.05, 3.63) is 41.0 Å². The molecule has 2 aromatic rings. The number of carbonyl (C=O) groups excluding carboxylic acids is 2. The molecule has 1 aromatic heterocycles. The van der Waals surface area contributed by atoms with Gasteiger partial charge in [-0.05, 0) is 37.8 Å². The maximum atomic E-state index is 12.6. The van der Waals surface area contributed by atoms with Gasteiger partial charge in [0.2, 0.25) is 5.91 Å². The monoisotopic (exact) mass is 360 g/mol. The number of carbonyl (C=O) groups is 2. The van der Waals surface area contributed by atoms with E-state index in [4.69, 9.17) is 11.6 Å². The molecule has 0 aliphatic heterocycles. The standard InChI is InChI=1S/C18H21ClN4O2/c1-20-17(24)12-4-8-14(9-5-12)22-18(25)15-10-21-23-16(15)11-2-6-13(19)7-3-11/h2-3,6-7,10,12,14H,4-5,8-9H2,1H3,(H,20,24)(H,21,23)(H,22,25). The molecule has 6 nitrogen and oxygen atoms in total. The molecule has 0 atom stereocenters. The van der Waals surface area contributed by atoms with Gasteiger partial charge in [0.05, 0.1) is 17.5 Å². The van der Waals surface area contributed by atoms with Crippen LogP contribution in [0, 0.1) is 5.92 Å². The molecular formula is C18H21ClN4O2. The fourth-order valence-corrected chi connectivity index (χ4v) is 3.39. The van der Waals surface area contributed by atoms with Crippen LogP contribution >= 0.6 is 11.6 Å². The summed E-state index contributed by atoms with van der Waals surface area (Å²) < 4.78 is 0. The number of nitrogens with zero attached hydrogens (tertiary/aromatic N) is 1. The van der Waals surface area contributed by atoms with E-state index in [2.05, 4.69) is 20.8 Å². The smallest absolute Gasteiger partial charge is 0.255 e. The van der Waals surface area contributed by atoms with Gasteiger partial charge in [-0.1, -0.05) is 23.7 Å². The van der Waals surface area contributed by atoms with Gasteiger partial charge in [0, 0.05) is 29.6 Å². The third-order valence-electron chi connectivity index (χ3n) is 4.70. The van der Waals surface area contributed by atoms with E-state index >= 15 is 0 Å². The van der Waals surface area contributed by atoms with Crippen LogP contribution < -0.4 is 10.6 Å². The molecule has 1 saturated carbocycles. The molecule has 1 aromatic carbocycles. The highest BCUT2D eigenvalue weighted by atomic mass is 35.5. The summed E-state index contributed by atoms with van der Waals surface area (Å²) in [6.07, 6.45) is 4.73. The van der Waals surface area contributed by atoms with E-state index in [1.807, 2.05) is 12.1 Å². The van der Waals surface area contributed by atoms with E-state index in [-0.39, 0.29) is 23.8 Å². The molecule has 1 fully saturated rings. The molecule has 1 aliphatic rings. The van der Waals surface area contributed by atoms with Crippen LogP contribution in [-0.4, -0.2) is 35.1 Å². The van der Waals surface area contributed by atoms with Crippen molar-refractivity contribution in [2.24, 2.45) is 5.92 Å². The van der Waals surface area contributed by atoms with Crippen LogP contribution in [0.25, 0.3) is 11.3 Å². The quantitative estimate of drug-likeness (QED) is 0.783. The van der Waals surface area contributed by atoms with E-state index in [1.165, 1.54) is 6.20 Å². The van der Waals surface area contributed by atoms with E-state index in [0.717, 1.165) is 31.2 Å². The van der Waals surface area contributed by atoms with Crippen molar-refractivity contribution in [1.29, 1.82) is 0 Å². The van der Waals surface area contributed by atoms with Gasteiger partial charge in [-0.2, -0.15) is 5.10 Å². The Labute approximate surface area is 151 Å². The number of aromatic nitrogens is 2. The second kappa shape index (κ2) is 7.70. The molecule has 1 heterocycles. The second-order valence-corrected chi connectivity index (χ2v) is 6.74. The van der Waals surface area contributed by atoms with E-state index in [9.17, 15) is 9.59 Å². The highest BCUT2D eigenvalue weighted by molar-refractivity contribution is 6.30. The summed E-state index contributed by atoms with van der Waals surface area (Å²) in [5.74, 6) is -0.0107. The summed E-state index contributed by atoms with van der Waals surface area (Å²) in [6.45, 7) is 0. The average molecular weight is 361 g/mol. The molecule has 0 radical (unpaired) electrons. The number of rotatable bonds is 4. The predicted molar refractivity (Wildman–Crippen MR) is 96.3 cm³/mol. The zero-order chi connectivity index (χ0) is 17.8. The number of benzene rings is 1. The first kappa shape index (κ1) is 17.5. The summed E-state index contributed by atoms with van der Waals surface area (Å²) in [6, 6.07) is 7.34. The Morgan fingerprint density at radius 1 is 1.16 bits per heavy atom. The average Bonchev–Trinajstić information content (AvgIpc) is 3.12. The Bertz CT molecular complexity index is 749. The third-order valence-corrected chi connectivity index (χ3v) is 4.95. The van der Waals surface area contributed by atoms with Crippen molar-refractivity contribution in [3.63, 3.8) is 0 Å². The van der Waals surface area contributed by atoms with Crippen molar-refractivity contribution in [1.82, 2.24) is 20.8 Å². The Morgan fingerprint density at radius 2 is 1.84 bits per heavy atom. The molecule has 2 amide bonds. The summed E-state index contributed by atoms with van der Waals surface area (Å²) in [5.41, 5.74) is 2.04. The SMILES string of the molecule is CNC(=O)C1CCC(NC(=O)c2cn[nH]c2-c2ccc(Cl)cc2)CC1. The van der Waals surface area contributed by atoms with E-state index in [0.29, 0.717) is 16.3 Å². The number of amides is 2. The summed E-state index contributed by atoms with van der Waals surface area (Å²) in [7, 11) is 1.66. The van der Waals surface area contributed by atoms with E-state index in [1.54, 1.807) is 19.2 Å². The zero-order valence-corrected chi connectivity index (χ0v) is 14.8. The fraction of sp³-hybridized carbons (Fsp3) is 0.389. The van der Waals surface area contributed by atoms with Crippen molar-refractivity contribution in [2.45, 2.75) is 31.7 Å². The first-order chi connectivity index (χ1) is 12.1. The molecular weight excluding hydrogens is 340 g/mol. The number of halogens is 1. The van der Waals surface area contributed by atoms with Gasteiger partial charge >= 0.3 is 0 Å². The van der Waals surface area contributed by atoms with Gasteiger partial charge in [-0.15, -0.1) is 0 Å². The number of nitrogens with one attached hydrogen (secondary N) is 3. The second-order valence-electron chi connectivity index (χ2n) is 6.30. The minimum atomic E-state index is -0.151. The maximum absolute atomic E-state index is 12.6. The van der Waals surface area contributed by atoms with Crippen LogP contribution in [0.2, 0.25) is 5.02 Å². The van der Waals surface area contributed by atoms with Gasteiger partial charge < -0.3 is 10.6 Å². The predicted octanol–water partition coefficient (Wildman–Crippen LogP) is 2.76. The zero-order valence-electron chi connectivity index (χ0n) is 14.0. The van der Waals surface area contributed by atoms with Crippen LogP contribution in [0.3, 0.4) is 0 Å². The van der Waals surface area contributed by atoms with Gasteiger partial charge in [-0.3, -0.25) is 14.7 Å². The minimum absolute atomic E-state index is 0.0525. The molecule has 3 N–H and O–H groups in total. The molecule has 0 spiro atoms. The molecule has 0 bridgehead atoms. The highest BCUT2D eigenvalue weighted by Crippen LogP contribution is 2.26. The molecule has 25 heavy (non-hydrogen) atoms. The Kier molecular flexibility index (Phi) is 5.38. The van der Waals surface area contributed by atoms with Gasteiger partial charge in [0.15, 0.2) is 0 Å². The molecule has 132 valence electrons. The number of aromatic amines is 1. The summed E-state index contributed by atoms with van der Waals surface area (Å²) in [4.78, 5) is 24.3. The molecule has 0 unspecified atom stereocenters. The minimum Gasteiger partial charge on any atom is -0.359 e. The Hall–Kier alpha value is -2.34. The largest absolute Gasteiger partial charge is 0.359 e. The lowest BCUT2D eigenvalue weighted by atomic mass is 9.85. The van der Waals surface area contributed by atoms with Crippen molar-refractivity contribution in [2.75, 3.05) is 7.05 Å². The molecule has 1 aliphatic carbocycles. The topological polar surface area (TPSA) is 86.9 Å². The van der Waals surface area contributed by atoms with Crippen LogP contribution in [0.1, 0.15) is 36.0 Å². The lowest BCUT2D eigenvalue weighted by molar-refractivity contribution is -0.125. The van der Waals surface area contributed by atoms with E-state index < -0.39 is 0 Å². The first-order valence-electron chi connectivity index (χ1n) is 8.40. The van der Waals surface area contributed by atoms with Crippen molar-refractivity contribution in [3.8, 4) is 11.3 Å². The van der Waals surface area contributed by atoms with Gasteiger partial charge in [-0.25, -0.2) is 0 Å². The van der Waals surface area contributed by atoms with Crippen molar-refractivity contribution >= 4 is 23.4 Å². The van der Waals surface area contributed by atoms with Crippen LogP contribution in [-0.2, 0) is 4.79 Å². The maximum Gasteiger partial charge on any atom is 0.255 e. The molecule has 7 heteroatoms. The van der Waals surface area contributed by atoms with Crippen LogP contribution in [0.4, 0.5) is 0 Å². The fourth-order valence-electron chi connectivity index (χ4n) is 3.26. The Balaban J connectivity index is 1.64. The number of hydrogen-bond donors (Lipinski definition) is 3. The molecule has 0 saturated heterocycles. The number of hydrogen-bond acceptors (Lipinski definition) is 3. The summed E-state index contributed by atoms with van der Waals surface area (Å²) >= 11 is 5.92. The lowest BCUT2D eigenvalue weighted by Gasteiger charge is -2.28. The summed E-state index contributed by atoms with van der Waals surface area (Å²) in [5, 5.41) is 13.3.